The molecular weight excluding hydrogens is 398 g/mol. The molecule has 168 valence electrons. The summed E-state index contributed by atoms with van der Waals surface area (Å²) in [6.45, 7) is 8.97. The van der Waals surface area contributed by atoms with Crippen LogP contribution in [0.2, 0.25) is 0 Å². The smallest absolute Gasteiger partial charge is 0.199 e. The summed E-state index contributed by atoms with van der Waals surface area (Å²) in [5.41, 5.74) is 1.15. The molecular formula is C24H31NO6. The van der Waals surface area contributed by atoms with Crippen molar-refractivity contribution in [2.75, 3.05) is 0 Å². The lowest BCUT2D eigenvalue weighted by Crippen LogP contribution is -2.39. The summed E-state index contributed by atoms with van der Waals surface area (Å²) in [7, 11) is 0. The van der Waals surface area contributed by atoms with Crippen LogP contribution in [0.5, 0.6) is 23.0 Å². The molecule has 4 unspecified atom stereocenters. The summed E-state index contributed by atoms with van der Waals surface area (Å²) in [5, 5.41) is 40.5. The molecule has 0 spiro atoms. The topological polar surface area (TPSA) is 110 Å². The van der Waals surface area contributed by atoms with Gasteiger partial charge in [0.15, 0.2) is 29.5 Å². The highest BCUT2D eigenvalue weighted by Gasteiger charge is 2.38. The van der Waals surface area contributed by atoms with E-state index in [0.717, 1.165) is 12.8 Å². The molecule has 2 aromatic rings. The zero-order valence-corrected chi connectivity index (χ0v) is 18.4. The maximum atomic E-state index is 12.9. The average Bonchev–Trinajstić information content (AvgIpc) is 2.76. The number of fused-ring (bicyclic) bond motifs is 1. The molecule has 4 N–H and O–H groups in total. The standard InChI is InChI=1S/C24H31NO6/c1-5-13(3)25(14(4)6-2)12-16-9-17-21(11-19(16)27)31-24(23(30)22(17)29)15-7-8-18(26)20(28)10-15/h7-11,13-14,23-24,26-28,30H,5-6,12H2,1-4H3. The highest BCUT2D eigenvalue weighted by atomic mass is 16.5. The molecule has 2 aromatic carbocycles. The first-order chi connectivity index (χ1) is 14.7. The highest BCUT2D eigenvalue weighted by molar-refractivity contribution is 6.03. The number of Topliss-reactive ketones (excluding diaryl/α,β-unsaturated/α-hetero) is 1. The van der Waals surface area contributed by atoms with E-state index in [9.17, 15) is 25.2 Å². The van der Waals surface area contributed by atoms with E-state index in [0.29, 0.717) is 29.8 Å². The van der Waals surface area contributed by atoms with Gasteiger partial charge in [0.05, 0.1) is 5.56 Å². The number of ketones is 1. The molecule has 0 radical (unpaired) electrons. The summed E-state index contributed by atoms with van der Waals surface area (Å²) in [4.78, 5) is 15.2. The van der Waals surface area contributed by atoms with Gasteiger partial charge in [0.2, 0.25) is 0 Å². The van der Waals surface area contributed by atoms with Gasteiger partial charge in [-0.3, -0.25) is 9.69 Å². The molecule has 4 atom stereocenters. The van der Waals surface area contributed by atoms with Crippen molar-refractivity contribution in [3.05, 3.63) is 47.0 Å². The predicted molar refractivity (Wildman–Crippen MR) is 117 cm³/mol. The van der Waals surface area contributed by atoms with Gasteiger partial charge < -0.3 is 25.2 Å². The lowest BCUT2D eigenvalue weighted by molar-refractivity contribution is 0.0214. The van der Waals surface area contributed by atoms with E-state index in [-0.39, 0.29) is 28.6 Å². The first kappa shape index (κ1) is 22.9. The number of carbonyl (C=O) groups is 1. The van der Waals surface area contributed by atoms with E-state index in [4.69, 9.17) is 4.74 Å². The first-order valence-corrected chi connectivity index (χ1v) is 10.7. The fourth-order valence-electron chi connectivity index (χ4n) is 3.91. The van der Waals surface area contributed by atoms with Crippen molar-refractivity contribution in [3.63, 3.8) is 0 Å². The van der Waals surface area contributed by atoms with Crippen molar-refractivity contribution < 1.29 is 30.0 Å². The Kier molecular flexibility index (Phi) is 6.77. The summed E-state index contributed by atoms with van der Waals surface area (Å²) in [6, 6.07) is 7.58. The molecule has 1 aliphatic heterocycles. The number of benzene rings is 2. The second-order valence-electron chi connectivity index (χ2n) is 8.26. The minimum atomic E-state index is -1.48. The van der Waals surface area contributed by atoms with E-state index in [1.54, 1.807) is 6.07 Å². The van der Waals surface area contributed by atoms with Crippen molar-refractivity contribution in [1.29, 1.82) is 0 Å². The number of phenolic OH excluding ortho intramolecular Hbond substituents is 3. The van der Waals surface area contributed by atoms with E-state index >= 15 is 0 Å². The van der Waals surface area contributed by atoms with Crippen molar-refractivity contribution in [2.45, 2.75) is 71.4 Å². The molecule has 31 heavy (non-hydrogen) atoms. The summed E-state index contributed by atoms with van der Waals surface area (Å²) in [6.07, 6.45) is -0.627. The normalized spacial score (nSPS) is 20.3. The second kappa shape index (κ2) is 9.16. The number of nitrogens with zero attached hydrogens (tertiary/aromatic N) is 1. The van der Waals surface area contributed by atoms with Crippen molar-refractivity contribution in [3.8, 4) is 23.0 Å². The molecule has 0 aliphatic carbocycles. The second-order valence-corrected chi connectivity index (χ2v) is 8.26. The van der Waals surface area contributed by atoms with Gasteiger partial charge in [0.1, 0.15) is 11.5 Å². The lowest BCUT2D eigenvalue weighted by atomic mass is 9.92. The molecule has 1 heterocycles. The number of ether oxygens (including phenoxy) is 1. The Labute approximate surface area is 182 Å². The zero-order chi connectivity index (χ0) is 22.9. The molecule has 3 rings (SSSR count). The van der Waals surface area contributed by atoms with Crippen LogP contribution in [-0.4, -0.2) is 49.3 Å². The Hall–Kier alpha value is -2.77. The van der Waals surface area contributed by atoms with Crippen LogP contribution in [0, 0.1) is 0 Å². The van der Waals surface area contributed by atoms with Crippen LogP contribution >= 0.6 is 0 Å². The van der Waals surface area contributed by atoms with Crippen LogP contribution in [0.4, 0.5) is 0 Å². The van der Waals surface area contributed by atoms with Gasteiger partial charge in [-0.05, 0) is 50.5 Å². The average molecular weight is 430 g/mol. The van der Waals surface area contributed by atoms with Crippen molar-refractivity contribution in [1.82, 2.24) is 4.90 Å². The predicted octanol–water partition coefficient (Wildman–Crippen LogP) is 3.88. The maximum absolute atomic E-state index is 12.9. The van der Waals surface area contributed by atoms with Crippen molar-refractivity contribution >= 4 is 5.78 Å². The molecule has 0 fully saturated rings. The summed E-state index contributed by atoms with van der Waals surface area (Å²) >= 11 is 0. The number of rotatable bonds is 7. The number of carbonyl (C=O) groups excluding carboxylic acids is 1. The molecule has 7 heteroatoms. The number of hydrogen-bond donors (Lipinski definition) is 4. The highest BCUT2D eigenvalue weighted by Crippen LogP contribution is 2.40. The molecule has 0 bridgehead atoms. The Balaban J connectivity index is 1.94. The van der Waals surface area contributed by atoms with E-state index in [2.05, 4.69) is 32.6 Å². The van der Waals surface area contributed by atoms with Crippen LogP contribution in [-0.2, 0) is 6.54 Å². The minimum Gasteiger partial charge on any atom is -0.507 e. The van der Waals surface area contributed by atoms with E-state index < -0.39 is 18.0 Å². The molecule has 7 nitrogen and oxygen atoms in total. The summed E-state index contributed by atoms with van der Waals surface area (Å²) in [5.74, 6) is -1.01. The van der Waals surface area contributed by atoms with Crippen LogP contribution in [0.15, 0.2) is 30.3 Å². The lowest BCUT2D eigenvalue weighted by Gasteiger charge is -2.35. The zero-order valence-electron chi connectivity index (χ0n) is 18.4. The number of aliphatic hydroxyl groups excluding tert-OH is 1. The van der Waals surface area contributed by atoms with Gasteiger partial charge in [0.25, 0.3) is 0 Å². The quantitative estimate of drug-likeness (QED) is 0.494. The van der Waals surface area contributed by atoms with E-state index in [1.807, 2.05) is 0 Å². The van der Waals surface area contributed by atoms with Gasteiger partial charge in [0, 0.05) is 30.3 Å². The van der Waals surface area contributed by atoms with Gasteiger partial charge in [-0.25, -0.2) is 0 Å². The molecule has 0 saturated heterocycles. The van der Waals surface area contributed by atoms with E-state index in [1.165, 1.54) is 24.3 Å². The van der Waals surface area contributed by atoms with Crippen LogP contribution in [0.1, 0.15) is 68.1 Å². The van der Waals surface area contributed by atoms with Crippen molar-refractivity contribution in [2.24, 2.45) is 0 Å². The minimum absolute atomic E-state index is 0.0202. The van der Waals surface area contributed by atoms with Gasteiger partial charge in [-0.2, -0.15) is 0 Å². The fraction of sp³-hybridized carbons (Fsp3) is 0.458. The summed E-state index contributed by atoms with van der Waals surface area (Å²) < 4.78 is 5.84. The Morgan fingerprint density at radius 2 is 1.61 bits per heavy atom. The third-order valence-corrected chi connectivity index (χ3v) is 6.25. The largest absolute Gasteiger partial charge is 0.507 e. The van der Waals surface area contributed by atoms with Gasteiger partial charge >= 0.3 is 0 Å². The van der Waals surface area contributed by atoms with Crippen LogP contribution < -0.4 is 4.74 Å². The molecule has 0 amide bonds. The maximum Gasteiger partial charge on any atom is 0.199 e. The Morgan fingerprint density at radius 3 is 2.19 bits per heavy atom. The monoisotopic (exact) mass is 429 g/mol. The SMILES string of the molecule is CCC(C)N(Cc1cc2c(cc1O)OC(c1ccc(O)c(O)c1)C(O)C2=O)C(C)CC. The number of hydrogen-bond acceptors (Lipinski definition) is 7. The van der Waals surface area contributed by atoms with Crippen LogP contribution in [0.25, 0.3) is 0 Å². The molecule has 0 saturated carbocycles. The number of aromatic hydroxyl groups is 3. The molecule has 1 aliphatic rings. The van der Waals surface area contributed by atoms with Gasteiger partial charge in [-0.1, -0.05) is 19.9 Å². The van der Waals surface area contributed by atoms with Gasteiger partial charge in [-0.15, -0.1) is 0 Å². The first-order valence-electron chi connectivity index (χ1n) is 10.7. The fourth-order valence-corrected chi connectivity index (χ4v) is 3.91. The number of phenols is 3. The third-order valence-electron chi connectivity index (χ3n) is 6.25. The van der Waals surface area contributed by atoms with Crippen LogP contribution in [0.3, 0.4) is 0 Å². The third kappa shape index (κ3) is 4.48. The Morgan fingerprint density at radius 1 is 0.968 bits per heavy atom. The Bertz CT molecular complexity index is 949. The molecule has 0 aromatic heterocycles. The number of aliphatic hydroxyl groups is 1.